The van der Waals surface area contributed by atoms with Crippen LogP contribution in [0.4, 0.5) is 13.2 Å². The van der Waals surface area contributed by atoms with Crippen LogP contribution in [0, 0.1) is 5.92 Å². The average molecular weight is 496 g/mol. The number of carbonyl (C=O) groups excluding carboxylic acids is 1. The van der Waals surface area contributed by atoms with Gasteiger partial charge in [0, 0.05) is 18.7 Å². The molecule has 8 heteroatoms. The van der Waals surface area contributed by atoms with Crippen LogP contribution in [0.2, 0.25) is 0 Å². The minimum atomic E-state index is -4.54. The van der Waals surface area contributed by atoms with E-state index in [0.29, 0.717) is 40.8 Å². The zero-order valence-corrected chi connectivity index (χ0v) is 19.7. The molecule has 1 aliphatic heterocycles. The van der Waals surface area contributed by atoms with Gasteiger partial charge in [-0.2, -0.15) is 18.3 Å². The van der Waals surface area contributed by atoms with Crippen molar-refractivity contribution in [2.24, 2.45) is 5.92 Å². The van der Waals surface area contributed by atoms with Crippen molar-refractivity contribution in [2.45, 2.75) is 25.4 Å². The monoisotopic (exact) mass is 495 g/mol. The van der Waals surface area contributed by atoms with Gasteiger partial charge in [0.1, 0.15) is 0 Å². The highest BCUT2D eigenvalue weighted by Gasteiger charge is 2.35. The molecule has 5 rings (SSSR count). The summed E-state index contributed by atoms with van der Waals surface area (Å²) in [6.45, 7) is 1.41. The van der Waals surface area contributed by atoms with Crippen LogP contribution in [0.1, 0.15) is 34.5 Å². The number of hydrogen-bond acceptors (Lipinski definition) is 3. The molecule has 2 aromatic heterocycles. The lowest BCUT2D eigenvalue weighted by Crippen LogP contribution is -2.38. The Morgan fingerprint density at radius 1 is 0.971 bits per heavy atom. The first-order chi connectivity index (χ1) is 16.9. The molecule has 0 atom stereocenters. The lowest BCUT2D eigenvalue weighted by Gasteiger charge is -2.32. The molecule has 0 spiro atoms. The fourth-order valence-corrected chi connectivity index (χ4v) is 5.26. The van der Waals surface area contributed by atoms with Crippen molar-refractivity contribution in [2.75, 3.05) is 13.1 Å². The van der Waals surface area contributed by atoms with Crippen molar-refractivity contribution in [3.63, 3.8) is 0 Å². The summed E-state index contributed by atoms with van der Waals surface area (Å²) in [7, 11) is 0. The summed E-state index contributed by atoms with van der Waals surface area (Å²) >= 11 is 1.35. The fraction of sp³-hybridized carbons (Fsp3) is 0.259. The van der Waals surface area contributed by atoms with Gasteiger partial charge in [0.25, 0.3) is 5.91 Å². The van der Waals surface area contributed by atoms with Gasteiger partial charge >= 0.3 is 6.18 Å². The first kappa shape index (κ1) is 23.4. The maximum absolute atomic E-state index is 13.3. The minimum absolute atomic E-state index is 0.0513. The van der Waals surface area contributed by atoms with E-state index in [1.165, 1.54) is 21.6 Å². The summed E-state index contributed by atoms with van der Waals surface area (Å²) in [5, 5.41) is 5.63. The van der Waals surface area contributed by atoms with Crippen LogP contribution >= 0.6 is 11.3 Å². The lowest BCUT2D eigenvalue weighted by atomic mass is 9.90. The number of thiophene rings is 1. The molecule has 1 amide bonds. The standard InChI is InChI=1S/C27H24F3N3OS/c28-27(29,30)25-18-23(24-7-4-16-35-24)33(31-25)22-10-8-21(9-11-22)26(34)32-14-12-20(13-15-32)17-19-5-2-1-3-6-19/h1-11,16,18,20H,12-15,17H2. The Balaban J connectivity index is 1.29. The number of nitrogens with zero attached hydrogens (tertiary/aromatic N) is 3. The van der Waals surface area contributed by atoms with Crippen molar-refractivity contribution in [3.8, 4) is 16.3 Å². The maximum atomic E-state index is 13.3. The van der Waals surface area contributed by atoms with E-state index in [2.05, 4.69) is 17.2 Å². The molecule has 3 heterocycles. The second kappa shape index (κ2) is 9.70. The van der Waals surface area contributed by atoms with Crippen molar-refractivity contribution in [1.82, 2.24) is 14.7 Å². The van der Waals surface area contributed by atoms with Crippen molar-refractivity contribution in [3.05, 3.63) is 95.0 Å². The molecule has 2 aromatic carbocycles. The van der Waals surface area contributed by atoms with Crippen molar-refractivity contribution in [1.29, 1.82) is 0 Å². The smallest absolute Gasteiger partial charge is 0.339 e. The third kappa shape index (κ3) is 5.17. The van der Waals surface area contributed by atoms with E-state index in [1.54, 1.807) is 36.4 Å². The van der Waals surface area contributed by atoms with E-state index in [-0.39, 0.29) is 5.91 Å². The van der Waals surface area contributed by atoms with Gasteiger partial charge in [-0.25, -0.2) is 4.68 Å². The first-order valence-electron chi connectivity index (χ1n) is 11.5. The Morgan fingerprint density at radius 3 is 2.31 bits per heavy atom. The molecule has 0 unspecified atom stereocenters. The molecule has 0 N–H and O–H groups in total. The van der Waals surface area contributed by atoms with Gasteiger partial charge in [0.05, 0.1) is 16.3 Å². The van der Waals surface area contributed by atoms with Crippen molar-refractivity contribution >= 4 is 17.2 Å². The van der Waals surface area contributed by atoms with Gasteiger partial charge in [0.2, 0.25) is 0 Å². The number of hydrogen-bond donors (Lipinski definition) is 0. The number of amides is 1. The quantitative estimate of drug-likeness (QED) is 0.308. The highest BCUT2D eigenvalue weighted by atomic mass is 32.1. The Bertz CT molecular complexity index is 1270. The molecule has 180 valence electrons. The van der Waals surface area contributed by atoms with Crippen LogP contribution in [-0.2, 0) is 12.6 Å². The Hall–Kier alpha value is -3.39. The van der Waals surface area contributed by atoms with Crippen LogP contribution < -0.4 is 0 Å². The number of carbonyl (C=O) groups is 1. The molecule has 1 fully saturated rings. The van der Waals surface area contributed by atoms with Crippen LogP contribution in [0.15, 0.2) is 78.2 Å². The highest BCUT2D eigenvalue weighted by molar-refractivity contribution is 7.13. The first-order valence-corrected chi connectivity index (χ1v) is 12.4. The molecule has 35 heavy (non-hydrogen) atoms. The summed E-state index contributed by atoms with van der Waals surface area (Å²) in [5.41, 5.74) is 1.74. The SMILES string of the molecule is O=C(c1ccc(-n2nc(C(F)(F)F)cc2-c2cccs2)cc1)N1CCC(Cc2ccccc2)CC1. The zero-order chi connectivity index (χ0) is 24.4. The summed E-state index contributed by atoms with van der Waals surface area (Å²) in [6.07, 6.45) is -1.61. The fourth-order valence-electron chi connectivity index (χ4n) is 4.53. The summed E-state index contributed by atoms with van der Waals surface area (Å²) in [6, 6.07) is 21.6. The van der Waals surface area contributed by atoms with Crippen molar-refractivity contribution < 1.29 is 18.0 Å². The van der Waals surface area contributed by atoms with Crippen LogP contribution in [0.5, 0.6) is 0 Å². The molecule has 4 nitrogen and oxygen atoms in total. The number of likely N-dealkylation sites (tertiary alicyclic amines) is 1. The Morgan fingerprint density at radius 2 is 1.69 bits per heavy atom. The molecule has 1 saturated heterocycles. The number of alkyl halides is 3. The van der Waals surface area contributed by atoms with E-state index < -0.39 is 11.9 Å². The third-order valence-corrected chi connectivity index (χ3v) is 7.29. The average Bonchev–Trinajstić information content (AvgIpc) is 3.55. The second-order valence-corrected chi connectivity index (χ2v) is 9.72. The number of piperidine rings is 1. The topological polar surface area (TPSA) is 38.1 Å². The van der Waals surface area contributed by atoms with E-state index in [1.807, 2.05) is 28.5 Å². The van der Waals surface area contributed by atoms with E-state index >= 15 is 0 Å². The molecular weight excluding hydrogens is 471 g/mol. The number of benzene rings is 2. The molecule has 1 aliphatic rings. The predicted octanol–water partition coefficient (Wildman–Crippen LogP) is 6.71. The normalized spacial score (nSPS) is 14.9. The summed E-state index contributed by atoms with van der Waals surface area (Å²) in [5.74, 6) is 0.506. The second-order valence-electron chi connectivity index (χ2n) is 8.77. The van der Waals surface area contributed by atoms with Gasteiger partial charge in [-0.3, -0.25) is 4.79 Å². The van der Waals surface area contributed by atoms with Gasteiger partial charge in [-0.1, -0.05) is 36.4 Å². The number of aromatic nitrogens is 2. The third-order valence-electron chi connectivity index (χ3n) is 6.40. The number of rotatable bonds is 5. The number of halogens is 3. The molecular formula is C27H24F3N3OS. The van der Waals surface area contributed by atoms with Crippen LogP contribution in [-0.4, -0.2) is 33.7 Å². The predicted molar refractivity (Wildman–Crippen MR) is 131 cm³/mol. The van der Waals surface area contributed by atoms with Crippen LogP contribution in [0.3, 0.4) is 0 Å². The largest absolute Gasteiger partial charge is 0.435 e. The Labute approximate surface area is 205 Å². The summed E-state index contributed by atoms with van der Waals surface area (Å²) < 4.78 is 41.3. The lowest BCUT2D eigenvalue weighted by molar-refractivity contribution is -0.141. The van der Waals surface area contributed by atoms with Crippen LogP contribution in [0.25, 0.3) is 16.3 Å². The summed E-state index contributed by atoms with van der Waals surface area (Å²) in [4.78, 5) is 15.6. The minimum Gasteiger partial charge on any atom is -0.339 e. The van der Waals surface area contributed by atoms with E-state index in [9.17, 15) is 18.0 Å². The molecule has 0 bridgehead atoms. The molecule has 0 radical (unpaired) electrons. The van der Waals surface area contributed by atoms with Gasteiger partial charge < -0.3 is 4.90 Å². The van der Waals surface area contributed by atoms with E-state index in [0.717, 1.165) is 25.3 Å². The van der Waals surface area contributed by atoms with E-state index in [4.69, 9.17) is 0 Å². The highest BCUT2D eigenvalue weighted by Crippen LogP contribution is 2.35. The van der Waals surface area contributed by atoms with Gasteiger partial charge in [-0.05, 0) is 72.5 Å². The molecule has 0 saturated carbocycles. The molecule has 0 aliphatic carbocycles. The van der Waals surface area contributed by atoms with Gasteiger partial charge in [-0.15, -0.1) is 11.3 Å². The zero-order valence-electron chi connectivity index (χ0n) is 18.9. The Kier molecular flexibility index (Phi) is 6.47. The van der Waals surface area contributed by atoms with Gasteiger partial charge in [0.15, 0.2) is 5.69 Å². The molecule has 4 aromatic rings. The maximum Gasteiger partial charge on any atom is 0.435 e.